The van der Waals surface area contributed by atoms with Crippen LogP contribution in [0.4, 0.5) is 0 Å². The Morgan fingerprint density at radius 2 is 1.63 bits per heavy atom. The molecule has 1 fully saturated rings. The summed E-state index contributed by atoms with van der Waals surface area (Å²) in [5.41, 5.74) is 3.69. The number of carbonyl (C=O) groups is 2. The number of benzene rings is 3. The van der Waals surface area contributed by atoms with Crippen molar-refractivity contribution in [2.45, 2.75) is 45.4 Å². The lowest BCUT2D eigenvalue weighted by Crippen LogP contribution is -2.45. The molecule has 1 atom stereocenters. The summed E-state index contributed by atoms with van der Waals surface area (Å²) in [6.07, 6.45) is 0.586. The summed E-state index contributed by atoms with van der Waals surface area (Å²) in [5, 5.41) is 11.8. The summed E-state index contributed by atoms with van der Waals surface area (Å²) >= 11 is 0. The standard InChI is InChI=1S/C29H30N4O2/c1-20(2)16-29(25-13-4-3-5-14-25)27(35)33(28(30)31-29)17-21-9-8-12-22(15-21)26(34)32-18-23-10-6-7-11-24(23)19-32/h3-15,20H,16-19H2,1-2H3,(H2,30,31). The van der Waals surface area contributed by atoms with Gasteiger partial charge in [-0.15, -0.1) is 0 Å². The third-order valence-corrected chi connectivity index (χ3v) is 6.84. The molecule has 0 radical (unpaired) electrons. The van der Waals surface area contributed by atoms with Gasteiger partial charge in [0.05, 0.1) is 6.54 Å². The van der Waals surface area contributed by atoms with Crippen molar-refractivity contribution >= 4 is 17.8 Å². The van der Waals surface area contributed by atoms with E-state index < -0.39 is 5.54 Å². The summed E-state index contributed by atoms with van der Waals surface area (Å²) in [6, 6.07) is 25.2. The molecule has 2 aliphatic rings. The zero-order valence-corrected chi connectivity index (χ0v) is 20.1. The fraction of sp³-hybridized carbons (Fsp3) is 0.276. The van der Waals surface area contributed by atoms with Crippen LogP contribution >= 0.6 is 0 Å². The Bertz CT molecular complexity index is 1260. The predicted molar refractivity (Wildman–Crippen MR) is 135 cm³/mol. The van der Waals surface area contributed by atoms with E-state index in [0.29, 0.717) is 25.1 Å². The van der Waals surface area contributed by atoms with Crippen molar-refractivity contribution in [3.8, 4) is 0 Å². The number of guanidine groups is 1. The second-order valence-corrected chi connectivity index (χ2v) is 9.86. The number of rotatable bonds is 6. The molecule has 2 N–H and O–H groups in total. The van der Waals surface area contributed by atoms with Crippen LogP contribution in [0.15, 0.2) is 78.9 Å². The molecule has 2 aliphatic heterocycles. The van der Waals surface area contributed by atoms with Gasteiger partial charge in [-0.25, -0.2) is 0 Å². The molecule has 0 spiro atoms. The lowest BCUT2D eigenvalue weighted by atomic mass is 9.82. The van der Waals surface area contributed by atoms with E-state index in [-0.39, 0.29) is 30.2 Å². The minimum atomic E-state index is -0.957. The highest BCUT2D eigenvalue weighted by atomic mass is 16.2. The molecule has 178 valence electrons. The third-order valence-electron chi connectivity index (χ3n) is 6.84. The lowest BCUT2D eigenvalue weighted by molar-refractivity contribution is -0.132. The average molecular weight is 467 g/mol. The highest BCUT2D eigenvalue weighted by molar-refractivity contribution is 6.08. The number of hydrogen-bond acceptors (Lipinski definition) is 3. The molecule has 1 unspecified atom stereocenters. The largest absolute Gasteiger partial charge is 0.338 e. The molecule has 0 bridgehead atoms. The smallest absolute Gasteiger partial charge is 0.260 e. The SMILES string of the molecule is CC(C)CC1(c2ccccc2)NC(=N)N(Cc2cccc(C(=O)N3Cc4ccccc4C3)c2)C1=O. The first kappa shape index (κ1) is 22.8. The van der Waals surface area contributed by atoms with Crippen LogP contribution in [0.3, 0.4) is 0 Å². The molecule has 0 saturated carbocycles. The first-order valence-corrected chi connectivity index (χ1v) is 12.1. The maximum Gasteiger partial charge on any atom is 0.260 e. The van der Waals surface area contributed by atoms with Gasteiger partial charge in [0.15, 0.2) is 5.96 Å². The molecule has 6 heteroatoms. The van der Waals surface area contributed by atoms with E-state index in [4.69, 9.17) is 5.41 Å². The number of nitrogens with one attached hydrogen (secondary N) is 2. The first-order valence-electron chi connectivity index (χ1n) is 12.1. The quantitative estimate of drug-likeness (QED) is 0.555. The Morgan fingerprint density at radius 1 is 0.971 bits per heavy atom. The van der Waals surface area contributed by atoms with Crippen molar-refractivity contribution in [3.63, 3.8) is 0 Å². The summed E-state index contributed by atoms with van der Waals surface area (Å²) in [6.45, 7) is 5.61. The van der Waals surface area contributed by atoms with Gasteiger partial charge in [0, 0.05) is 18.7 Å². The number of hydrogen-bond donors (Lipinski definition) is 2. The molecule has 3 aromatic carbocycles. The lowest BCUT2D eigenvalue weighted by Gasteiger charge is -2.29. The van der Waals surface area contributed by atoms with Crippen LogP contribution in [0.1, 0.15) is 52.9 Å². The topological polar surface area (TPSA) is 76.5 Å². The van der Waals surface area contributed by atoms with Gasteiger partial charge in [0.1, 0.15) is 5.54 Å². The molecule has 0 aliphatic carbocycles. The first-order chi connectivity index (χ1) is 16.9. The summed E-state index contributed by atoms with van der Waals surface area (Å²) < 4.78 is 0. The van der Waals surface area contributed by atoms with Gasteiger partial charge in [-0.2, -0.15) is 0 Å². The molecular formula is C29H30N4O2. The van der Waals surface area contributed by atoms with E-state index in [1.807, 2.05) is 71.6 Å². The monoisotopic (exact) mass is 466 g/mol. The maximum absolute atomic E-state index is 13.8. The van der Waals surface area contributed by atoms with Gasteiger partial charge in [0.2, 0.25) is 0 Å². The molecular weight excluding hydrogens is 436 g/mol. The van der Waals surface area contributed by atoms with Crippen LogP contribution in [-0.4, -0.2) is 27.6 Å². The third kappa shape index (κ3) is 4.20. The molecule has 1 saturated heterocycles. The van der Waals surface area contributed by atoms with Gasteiger partial charge in [-0.1, -0.05) is 80.6 Å². The van der Waals surface area contributed by atoms with Crippen molar-refractivity contribution in [1.82, 2.24) is 15.1 Å². The van der Waals surface area contributed by atoms with Crippen molar-refractivity contribution in [3.05, 3.63) is 107 Å². The molecule has 5 rings (SSSR count). The Labute approximate surface area is 206 Å². The second-order valence-electron chi connectivity index (χ2n) is 9.86. The van der Waals surface area contributed by atoms with Gasteiger partial charge in [-0.05, 0) is 46.7 Å². The average Bonchev–Trinajstić information content (AvgIpc) is 3.39. The normalized spacial score (nSPS) is 19.3. The van der Waals surface area contributed by atoms with Crippen molar-refractivity contribution in [2.24, 2.45) is 5.92 Å². The van der Waals surface area contributed by atoms with Crippen molar-refractivity contribution in [1.29, 1.82) is 5.41 Å². The fourth-order valence-electron chi connectivity index (χ4n) is 5.24. The summed E-state index contributed by atoms with van der Waals surface area (Å²) in [7, 11) is 0. The van der Waals surface area contributed by atoms with E-state index in [2.05, 4.69) is 31.3 Å². The van der Waals surface area contributed by atoms with Crippen LogP contribution in [0.25, 0.3) is 0 Å². The Balaban J connectivity index is 1.37. The van der Waals surface area contributed by atoms with E-state index in [1.54, 1.807) is 0 Å². The van der Waals surface area contributed by atoms with E-state index in [9.17, 15) is 9.59 Å². The highest BCUT2D eigenvalue weighted by Gasteiger charge is 2.50. The van der Waals surface area contributed by atoms with E-state index >= 15 is 0 Å². The molecule has 2 amide bonds. The van der Waals surface area contributed by atoms with Crippen LogP contribution in [0, 0.1) is 11.3 Å². The molecule has 35 heavy (non-hydrogen) atoms. The van der Waals surface area contributed by atoms with Gasteiger partial charge in [-0.3, -0.25) is 19.9 Å². The highest BCUT2D eigenvalue weighted by Crippen LogP contribution is 2.35. The van der Waals surface area contributed by atoms with Crippen LogP contribution in [0.5, 0.6) is 0 Å². The predicted octanol–water partition coefficient (Wildman–Crippen LogP) is 4.65. The van der Waals surface area contributed by atoms with Crippen LogP contribution in [0.2, 0.25) is 0 Å². The molecule has 6 nitrogen and oxygen atoms in total. The van der Waals surface area contributed by atoms with Gasteiger partial charge in [0.25, 0.3) is 11.8 Å². The number of carbonyl (C=O) groups excluding carboxylic acids is 2. The van der Waals surface area contributed by atoms with Gasteiger partial charge >= 0.3 is 0 Å². The number of amides is 2. The zero-order chi connectivity index (χ0) is 24.6. The van der Waals surface area contributed by atoms with Crippen molar-refractivity contribution in [2.75, 3.05) is 0 Å². The zero-order valence-electron chi connectivity index (χ0n) is 20.1. The van der Waals surface area contributed by atoms with Gasteiger partial charge < -0.3 is 10.2 Å². The minimum Gasteiger partial charge on any atom is -0.338 e. The number of nitrogens with zero attached hydrogens (tertiary/aromatic N) is 2. The van der Waals surface area contributed by atoms with E-state index in [0.717, 1.165) is 11.1 Å². The fourth-order valence-corrected chi connectivity index (χ4v) is 5.24. The summed E-state index contributed by atoms with van der Waals surface area (Å²) in [5.74, 6) is 0.188. The van der Waals surface area contributed by atoms with E-state index in [1.165, 1.54) is 16.0 Å². The van der Waals surface area contributed by atoms with Crippen LogP contribution in [-0.2, 0) is 30.0 Å². The second kappa shape index (κ2) is 9.02. The maximum atomic E-state index is 13.8. The minimum absolute atomic E-state index is 0.0255. The number of fused-ring (bicyclic) bond motifs is 1. The molecule has 2 heterocycles. The Kier molecular flexibility index (Phi) is 5.89. The summed E-state index contributed by atoms with van der Waals surface area (Å²) in [4.78, 5) is 30.3. The van der Waals surface area contributed by atoms with Crippen LogP contribution < -0.4 is 5.32 Å². The molecule has 0 aromatic heterocycles. The Hall–Kier alpha value is -3.93. The van der Waals surface area contributed by atoms with Crippen molar-refractivity contribution < 1.29 is 9.59 Å². The molecule has 3 aromatic rings. The Morgan fingerprint density at radius 3 is 2.29 bits per heavy atom.